The van der Waals surface area contributed by atoms with Crippen LogP contribution in [-0.4, -0.2) is 55.8 Å². The first-order valence-electron chi connectivity index (χ1n) is 13.3. The third-order valence-electron chi connectivity index (χ3n) is 10.4. The van der Waals surface area contributed by atoms with E-state index in [0.717, 1.165) is 19.3 Å². The highest BCUT2D eigenvalue weighted by Gasteiger charge is 2.67. The molecule has 0 unspecified atom stereocenters. The number of carboxylic acid groups (broad SMARTS) is 1. The standard InChI is InChI=1S/C28H38N2O7/c1-14-5-7-20-26(2,3)21(32)9-10-27(20,4)28(14)12-16-19(31)11-15-17(23(16)37-28)13-30(24(15)34)18(25(35)36)6-8-22(29)33/h11,14,18,20-21,31-32H,5-10,12-13H2,1-4H3,(H2,29,33)(H,35,36)/t14-,18-,20-,21+,27-,28-/m0/s1. The van der Waals surface area contributed by atoms with Gasteiger partial charge in [0.05, 0.1) is 18.2 Å². The molecule has 5 rings (SSSR count). The van der Waals surface area contributed by atoms with Gasteiger partial charge in [-0.05, 0) is 55.4 Å². The number of benzene rings is 1. The summed E-state index contributed by atoms with van der Waals surface area (Å²) in [4.78, 5) is 37.9. The molecule has 37 heavy (non-hydrogen) atoms. The molecule has 4 aliphatic rings. The number of carboxylic acids is 1. The van der Waals surface area contributed by atoms with Gasteiger partial charge in [0.1, 0.15) is 23.1 Å². The van der Waals surface area contributed by atoms with Crippen molar-refractivity contribution in [1.29, 1.82) is 0 Å². The summed E-state index contributed by atoms with van der Waals surface area (Å²) in [5.41, 5.74) is 5.56. The Balaban J connectivity index is 1.55. The van der Waals surface area contributed by atoms with Crippen molar-refractivity contribution in [3.8, 4) is 11.5 Å². The van der Waals surface area contributed by atoms with Crippen molar-refractivity contribution in [2.75, 3.05) is 0 Å². The average Bonchev–Trinajstić information content (AvgIpc) is 3.36. The lowest BCUT2D eigenvalue weighted by atomic mass is 9.43. The number of amides is 2. The number of phenols is 1. The zero-order valence-electron chi connectivity index (χ0n) is 22.0. The Bertz CT molecular complexity index is 1180. The van der Waals surface area contributed by atoms with E-state index in [4.69, 9.17) is 10.5 Å². The van der Waals surface area contributed by atoms with Crippen molar-refractivity contribution in [1.82, 2.24) is 4.90 Å². The van der Waals surface area contributed by atoms with Crippen molar-refractivity contribution in [2.24, 2.45) is 28.4 Å². The smallest absolute Gasteiger partial charge is 0.326 e. The lowest BCUT2D eigenvalue weighted by molar-refractivity contribution is -0.210. The van der Waals surface area contributed by atoms with Crippen molar-refractivity contribution >= 4 is 17.8 Å². The van der Waals surface area contributed by atoms with E-state index >= 15 is 0 Å². The predicted octanol–water partition coefficient (Wildman–Crippen LogP) is 2.97. The molecule has 9 heteroatoms. The molecule has 2 aliphatic carbocycles. The number of aliphatic hydroxyl groups is 1. The number of hydrogen-bond acceptors (Lipinski definition) is 6. The molecule has 0 aromatic heterocycles. The summed E-state index contributed by atoms with van der Waals surface area (Å²) in [6.45, 7) is 8.74. The summed E-state index contributed by atoms with van der Waals surface area (Å²) in [5, 5.41) is 31.8. The van der Waals surface area contributed by atoms with Crippen LogP contribution in [0.25, 0.3) is 0 Å². The van der Waals surface area contributed by atoms with Crippen molar-refractivity contribution in [2.45, 2.75) is 96.9 Å². The zero-order valence-corrected chi connectivity index (χ0v) is 22.0. The van der Waals surface area contributed by atoms with Crippen LogP contribution in [0.4, 0.5) is 0 Å². The van der Waals surface area contributed by atoms with Gasteiger partial charge in [-0.15, -0.1) is 0 Å². The Morgan fingerprint density at radius 2 is 1.92 bits per heavy atom. The number of carbonyl (C=O) groups is 3. The quantitative estimate of drug-likeness (QED) is 0.472. The molecule has 2 aliphatic heterocycles. The number of nitrogens with two attached hydrogens (primary N) is 1. The summed E-state index contributed by atoms with van der Waals surface area (Å²) < 4.78 is 6.97. The second-order valence-corrected chi connectivity index (χ2v) is 12.5. The Morgan fingerprint density at radius 1 is 1.22 bits per heavy atom. The first kappa shape index (κ1) is 25.8. The summed E-state index contributed by atoms with van der Waals surface area (Å²) in [6, 6.07) is 0.227. The Morgan fingerprint density at radius 3 is 2.57 bits per heavy atom. The number of ether oxygens (including phenoxy) is 1. The van der Waals surface area contributed by atoms with E-state index < -0.39 is 35.5 Å². The summed E-state index contributed by atoms with van der Waals surface area (Å²) >= 11 is 0. The zero-order chi connectivity index (χ0) is 27.1. The number of rotatable bonds is 5. The van der Waals surface area contributed by atoms with Crippen LogP contribution < -0.4 is 10.5 Å². The van der Waals surface area contributed by atoms with Crippen LogP contribution in [0.5, 0.6) is 11.5 Å². The minimum absolute atomic E-state index is 0.0159. The van der Waals surface area contributed by atoms with Crippen LogP contribution in [0.3, 0.4) is 0 Å². The highest BCUT2D eigenvalue weighted by Crippen LogP contribution is 2.67. The fraction of sp³-hybridized carbons (Fsp3) is 0.679. The molecule has 2 fully saturated rings. The van der Waals surface area contributed by atoms with E-state index in [9.17, 15) is 29.7 Å². The number of aliphatic carboxylic acids is 1. The normalized spacial score (nSPS) is 34.5. The molecule has 2 saturated carbocycles. The molecule has 1 aromatic rings. The van der Waals surface area contributed by atoms with Gasteiger partial charge in [-0.1, -0.05) is 27.7 Å². The molecule has 2 heterocycles. The Labute approximate surface area is 217 Å². The first-order chi connectivity index (χ1) is 17.2. The second-order valence-electron chi connectivity index (χ2n) is 12.5. The van der Waals surface area contributed by atoms with Gasteiger partial charge >= 0.3 is 5.97 Å². The molecular formula is C28H38N2O7. The van der Waals surface area contributed by atoms with E-state index in [1.165, 1.54) is 11.0 Å². The average molecular weight is 515 g/mol. The first-order valence-corrected chi connectivity index (χ1v) is 13.3. The molecule has 1 spiro atoms. The number of nitrogens with zero attached hydrogens (tertiary/aromatic N) is 1. The largest absolute Gasteiger partial charge is 0.508 e. The molecule has 5 N–H and O–H groups in total. The fourth-order valence-electron chi connectivity index (χ4n) is 8.23. The van der Waals surface area contributed by atoms with Gasteiger partial charge in [-0.2, -0.15) is 0 Å². The molecular weight excluding hydrogens is 476 g/mol. The van der Waals surface area contributed by atoms with Crippen molar-refractivity contribution in [3.63, 3.8) is 0 Å². The maximum atomic E-state index is 13.3. The minimum Gasteiger partial charge on any atom is -0.508 e. The number of aromatic hydroxyl groups is 1. The van der Waals surface area contributed by atoms with Gasteiger partial charge in [0, 0.05) is 29.4 Å². The van der Waals surface area contributed by atoms with Gasteiger partial charge in [0.2, 0.25) is 5.91 Å². The van der Waals surface area contributed by atoms with E-state index in [0.29, 0.717) is 29.7 Å². The molecule has 1 aromatic carbocycles. The van der Waals surface area contributed by atoms with Gasteiger partial charge in [-0.25, -0.2) is 4.79 Å². The van der Waals surface area contributed by atoms with Crippen LogP contribution in [0, 0.1) is 22.7 Å². The van der Waals surface area contributed by atoms with Gasteiger partial charge in [-0.3, -0.25) is 9.59 Å². The molecule has 202 valence electrons. The molecule has 0 saturated heterocycles. The van der Waals surface area contributed by atoms with Crippen molar-refractivity contribution < 1.29 is 34.4 Å². The summed E-state index contributed by atoms with van der Waals surface area (Å²) in [5.74, 6) is -1.48. The predicted molar refractivity (Wildman–Crippen MR) is 134 cm³/mol. The second kappa shape index (κ2) is 8.35. The number of aliphatic hydroxyl groups excluding tert-OH is 1. The van der Waals surface area contributed by atoms with Crippen molar-refractivity contribution in [3.05, 3.63) is 22.8 Å². The lowest BCUT2D eigenvalue weighted by Crippen LogP contribution is -2.66. The van der Waals surface area contributed by atoms with Crippen LogP contribution in [-0.2, 0) is 22.6 Å². The minimum atomic E-state index is -1.21. The molecule has 0 bridgehead atoms. The van der Waals surface area contributed by atoms with Crippen LogP contribution in [0.1, 0.15) is 87.7 Å². The van der Waals surface area contributed by atoms with Gasteiger partial charge in [0.25, 0.3) is 5.91 Å². The van der Waals surface area contributed by atoms with E-state index in [1.807, 2.05) is 0 Å². The number of carbonyl (C=O) groups excluding carboxylic acids is 2. The Kier molecular flexibility index (Phi) is 5.83. The Hall–Kier alpha value is -2.81. The maximum absolute atomic E-state index is 13.3. The van der Waals surface area contributed by atoms with E-state index in [1.54, 1.807) is 0 Å². The number of primary amides is 1. The third-order valence-corrected chi connectivity index (χ3v) is 10.4. The van der Waals surface area contributed by atoms with E-state index in [2.05, 4.69) is 27.7 Å². The van der Waals surface area contributed by atoms with Gasteiger partial charge < -0.3 is 30.7 Å². The molecule has 2 amide bonds. The fourth-order valence-corrected chi connectivity index (χ4v) is 8.23. The number of hydrogen-bond donors (Lipinski definition) is 4. The van der Waals surface area contributed by atoms with Crippen LogP contribution in [0.15, 0.2) is 6.07 Å². The molecule has 9 nitrogen and oxygen atoms in total. The molecule has 6 atom stereocenters. The number of fused-ring (bicyclic) bond motifs is 5. The molecule has 0 radical (unpaired) electrons. The lowest BCUT2D eigenvalue weighted by Gasteiger charge is -2.64. The van der Waals surface area contributed by atoms with E-state index in [-0.39, 0.29) is 53.4 Å². The SMILES string of the molecule is C[C@H]1CC[C@H]2C(C)(C)[C@H](O)CC[C@]2(C)[C@]12Cc1c(O)cc3c(c1O2)CN([C@@H](CCC(N)=O)C(=O)O)C3=O. The van der Waals surface area contributed by atoms with Gasteiger partial charge in [0.15, 0.2) is 0 Å². The van der Waals surface area contributed by atoms with Crippen LogP contribution in [0.2, 0.25) is 0 Å². The third kappa shape index (κ3) is 3.49. The topological polar surface area (TPSA) is 150 Å². The summed E-state index contributed by atoms with van der Waals surface area (Å²) in [7, 11) is 0. The van der Waals surface area contributed by atoms with Crippen LogP contribution >= 0.6 is 0 Å². The highest BCUT2D eigenvalue weighted by atomic mass is 16.5. The maximum Gasteiger partial charge on any atom is 0.326 e. The number of phenolic OH excluding ortho intramolecular Hbond substituents is 1. The highest BCUT2D eigenvalue weighted by molar-refractivity contribution is 6.02. The monoisotopic (exact) mass is 514 g/mol. The summed E-state index contributed by atoms with van der Waals surface area (Å²) in [6.07, 6.45) is 3.24.